The molecule has 0 bridgehead atoms. The van der Waals surface area contributed by atoms with Crippen molar-refractivity contribution in [3.63, 3.8) is 0 Å². The average molecular weight is 387 g/mol. The molecule has 76 valence electrons. The fourth-order valence-corrected chi connectivity index (χ4v) is 3.24. The number of carbonyl (C=O) groups excluding carboxylic acids is 1. The Hall–Kier alpha value is 0.390. The van der Waals surface area contributed by atoms with E-state index in [1.54, 1.807) is 6.92 Å². The third kappa shape index (κ3) is 2.70. The van der Waals surface area contributed by atoms with Crippen molar-refractivity contribution in [3.05, 3.63) is 32.9 Å². The number of rotatable bonds is 3. The zero-order valence-corrected chi connectivity index (χ0v) is 12.1. The van der Waals surface area contributed by atoms with Gasteiger partial charge in [0.25, 0.3) is 0 Å². The van der Waals surface area contributed by atoms with Gasteiger partial charge in [-0.05, 0) is 40.6 Å². The lowest BCUT2D eigenvalue weighted by Gasteiger charge is -2.11. The lowest BCUT2D eigenvalue weighted by Crippen LogP contribution is -2.04. The second-order valence-electron chi connectivity index (χ2n) is 2.93. The molecule has 0 fully saturated rings. The van der Waals surface area contributed by atoms with Gasteiger partial charge < -0.3 is 0 Å². The summed E-state index contributed by atoms with van der Waals surface area (Å²) in [5.74, 6) is 0.582. The van der Waals surface area contributed by atoms with Gasteiger partial charge in [-0.25, -0.2) is 0 Å². The first kappa shape index (κ1) is 12.5. The van der Waals surface area contributed by atoms with Gasteiger partial charge in [0.2, 0.25) is 0 Å². The highest BCUT2D eigenvalue weighted by atomic mass is 127. The number of ketones is 1. The van der Waals surface area contributed by atoms with E-state index >= 15 is 0 Å². The van der Waals surface area contributed by atoms with E-state index in [1.807, 2.05) is 18.2 Å². The monoisotopic (exact) mass is 386 g/mol. The minimum atomic E-state index is -0.224. The van der Waals surface area contributed by atoms with Crippen LogP contribution in [0.15, 0.2) is 18.2 Å². The van der Waals surface area contributed by atoms with Gasteiger partial charge in [-0.15, -0.1) is 11.6 Å². The third-order valence-electron chi connectivity index (χ3n) is 1.88. The molecule has 1 aromatic rings. The zero-order valence-electron chi connectivity index (χ0n) is 7.56. The van der Waals surface area contributed by atoms with E-state index in [4.69, 9.17) is 11.6 Å². The first-order chi connectivity index (χ1) is 6.57. The molecule has 0 radical (unpaired) electrons. The number of hydrogen-bond acceptors (Lipinski definition) is 1. The summed E-state index contributed by atoms with van der Waals surface area (Å²) in [4.78, 5) is 11.0. The lowest BCUT2D eigenvalue weighted by molar-refractivity contribution is -0.116. The highest BCUT2D eigenvalue weighted by molar-refractivity contribution is 14.1. The van der Waals surface area contributed by atoms with Gasteiger partial charge in [-0.3, -0.25) is 4.79 Å². The Morgan fingerprint density at radius 2 is 2.29 bits per heavy atom. The molecule has 0 saturated carbocycles. The molecule has 0 aliphatic heterocycles. The quantitative estimate of drug-likeness (QED) is 0.565. The normalized spacial score (nSPS) is 12.6. The zero-order chi connectivity index (χ0) is 10.7. The summed E-state index contributed by atoms with van der Waals surface area (Å²) in [7, 11) is 0. The van der Waals surface area contributed by atoms with Crippen LogP contribution in [0.1, 0.15) is 22.9 Å². The van der Waals surface area contributed by atoms with Crippen LogP contribution in [0.4, 0.5) is 0 Å². The van der Waals surface area contributed by atoms with Crippen molar-refractivity contribution in [2.45, 2.75) is 17.6 Å². The molecular weight excluding hydrogens is 378 g/mol. The van der Waals surface area contributed by atoms with Gasteiger partial charge in [0.05, 0.1) is 4.83 Å². The predicted octanol–water partition coefficient (Wildman–Crippen LogP) is 4.06. The fraction of sp³-hybridized carbons (Fsp3) is 0.300. The molecule has 1 aromatic carbocycles. The van der Waals surface area contributed by atoms with Crippen molar-refractivity contribution in [2.75, 3.05) is 0 Å². The van der Waals surface area contributed by atoms with Crippen molar-refractivity contribution >= 4 is 55.9 Å². The maximum Gasteiger partial charge on any atom is 0.147 e. The topological polar surface area (TPSA) is 17.1 Å². The highest BCUT2D eigenvalue weighted by Gasteiger charge is 2.16. The summed E-state index contributed by atoms with van der Waals surface area (Å²) in [6.45, 7) is 1.57. The Morgan fingerprint density at radius 3 is 2.79 bits per heavy atom. The van der Waals surface area contributed by atoms with Crippen LogP contribution in [0.25, 0.3) is 0 Å². The van der Waals surface area contributed by atoms with Crippen molar-refractivity contribution < 1.29 is 4.79 Å². The Bertz CT molecular complexity index is 354. The van der Waals surface area contributed by atoms with Crippen LogP contribution in [0.3, 0.4) is 0 Å². The van der Waals surface area contributed by atoms with Gasteiger partial charge in [-0.2, -0.15) is 0 Å². The molecule has 0 aromatic heterocycles. The summed E-state index contributed by atoms with van der Waals surface area (Å²) in [6.07, 6.45) is 0. The van der Waals surface area contributed by atoms with Crippen LogP contribution in [-0.2, 0) is 10.7 Å². The van der Waals surface area contributed by atoms with Crippen LogP contribution in [0, 0.1) is 3.57 Å². The maximum atomic E-state index is 11.2. The molecule has 0 heterocycles. The first-order valence-corrected chi connectivity index (χ1v) is 6.58. The number of Topliss-reactive ketones (excluding diaryl/α,β-unsaturated/α-hetero) is 1. The van der Waals surface area contributed by atoms with E-state index in [-0.39, 0.29) is 10.6 Å². The van der Waals surface area contributed by atoms with E-state index in [2.05, 4.69) is 38.5 Å². The SMILES string of the molecule is CC(=O)C(Br)c1cccc(CCl)c1I. The predicted molar refractivity (Wildman–Crippen MR) is 71.1 cm³/mol. The van der Waals surface area contributed by atoms with Crippen molar-refractivity contribution in [1.29, 1.82) is 0 Å². The molecule has 0 N–H and O–H groups in total. The Balaban J connectivity index is 3.15. The van der Waals surface area contributed by atoms with Crippen molar-refractivity contribution in [1.82, 2.24) is 0 Å². The van der Waals surface area contributed by atoms with E-state index in [0.29, 0.717) is 5.88 Å². The van der Waals surface area contributed by atoms with Crippen LogP contribution in [-0.4, -0.2) is 5.78 Å². The number of benzene rings is 1. The Kier molecular flexibility index (Phi) is 4.87. The molecule has 1 rings (SSSR count). The first-order valence-electron chi connectivity index (χ1n) is 4.05. The van der Waals surface area contributed by atoms with Crippen LogP contribution in [0.2, 0.25) is 0 Å². The molecule has 14 heavy (non-hydrogen) atoms. The van der Waals surface area contributed by atoms with E-state index < -0.39 is 0 Å². The third-order valence-corrected chi connectivity index (χ3v) is 4.62. The summed E-state index contributed by atoms with van der Waals surface area (Å²) >= 11 is 11.4. The molecule has 0 aliphatic rings. The molecule has 0 aliphatic carbocycles. The molecule has 1 unspecified atom stereocenters. The standard InChI is InChI=1S/C10H9BrClIO/c1-6(14)9(11)8-4-2-3-7(5-12)10(8)13/h2-4,9H,5H2,1H3. The van der Waals surface area contributed by atoms with E-state index in [1.165, 1.54) is 0 Å². The van der Waals surface area contributed by atoms with Crippen molar-refractivity contribution in [2.24, 2.45) is 0 Å². The van der Waals surface area contributed by atoms with Crippen molar-refractivity contribution in [3.8, 4) is 0 Å². The second kappa shape index (κ2) is 5.47. The lowest BCUT2D eigenvalue weighted by atomic mass is 10.1. The second-order valence-corrected chi connectivity index (χ2v) is 5.19. The van der Waals surface area contributed by atoms with E-state index in [9.17, 15) is 4.79 Å². The number of halogens is 3. The minimum absolute atomic E-state index is 0.106. The summed E-state index contributed by atoms with van der Waals surface area (Å²) in [5.41, 5.74) is 2.06. The van der Waals surface area contributed by atoms with Gasteiger partial charge in [-0.1, -0.05) is 34.1 Å². The molecule has 0 spiro atoms. The summed E-state index contributed by atoms with van der Waals surface area (Å²) < 4.78 is 1.07. The summed E-state index contributed by atoms with van der Waals surface area (Å²) in [6, 6.07) is 5.84. The van der Waals surface area contributed by atoms with Crippen LogP contribution >= 0.6 is 50.1 Å². The molecule has 1 nitrogen and oxygen atoms in total. The van der Waals surface area contributed by atoms with E-state index in [0.717, 1.165) is 14.7 Å². The fourth-order valence-electron chi connectivity index (χ4n) is 1.12. The van der Waals surface area contributed by atoms with Gasteiger partial charge in [0.15, 0.2) is 0 Å². The van der Waals surface area contributed by atoms with Crippen LogP contribution < -0.4 is 0 Å². The Labute approximate surface area is 110 Å². The largest absolute Gasteiger partial charge is 0.298 e. The average Bonchev–Trinajstić information content (AvgIpc) is 2.17. The number of carbonyl (C=O) groups is 1. The maximum absolute atomic E-state index is 11.2. The van der Waals surface area contributed by atoms with Crippen LogP contribution in [0.5, 0.6) is 0 Å². The minimum Gasteiger partial charge on any atom is -0.298 e. The molecule has 0 saturated heterocycles. The van der Waals surface area contributed by atoms with Gasteiger partial charge in [0.1, 0.15) is 5.78 Å². The molecular formula is C10H9BrClIO. The van der Waals surface area contributed by atoms with Gasteiger partial charge in [0, 0.05) is 9.45 Å². The molecule has 4 heteroatoms. The number of hydrogen-bond donors (Lipinski definition) is 0. The molecule has 0 amide bonds. The number of alkyl halides is 2. The highest BCUT2D eigenvalue weighted by Crippen LogP contribution is 2.30. The van der Waals surface area contributed by atoms with Gasteiger partial charge >= 0.3 is 0 Å². The molecule has 1 atom stereocenters. The summed E-state index contributed by atoms with van der Waals surface area (Å²) in [5, 5.41) is 0. The smallest absolute Gasteiger partial charge is 0.147 e. The Morgan fingerprint density at radius 1 is 1.64 bits per heavy atom.